The molecular weight excluding hydrogens is 276 g/mol. The Labute approximate surface area is 100 Å². The highest BCUT2D eigenvalue weighted by Crippen LogP contribution is 2.19. The van der Waals surface area contributed by atoms with Crippen LogP contribution in [0, 0.1) is 4.77 Å². The van der Waals surface area contributed by atoms with Crippen LogP contribution < -0.4 is 0 Å². The standard InChI is InChI=1S/C9H9BrN4S/c1-2-6-5-7(10)3-4-8(6)14-9(15)11-12-13-14/h3-5H,2H2,1H3,(H,11,13,15). The first-order valence-electron chi connectivity index (χ1n) is 4.51. The molecule has 2 rings (SSSR count). The second kappa shape index (κ2) is 4.24. The highest BCUT2D eigenvalue weighted by Gasteiger charge is 2.05. The van der Waals surface area contributed by atoms with Gasteiger partial charge in [-0.25, -0.2) is 4.68 Å². The normalized spacial score (nSPS) is 10.5. The summed E-state index contributed by atoms with van der Waals surface area (Å²) in [5, 5.41) is 10.2. The summed E-state index contributed by atoms with van der Waals surface area (Å²) in [4.78, 5) is 0. The molecule has 4 nitrogen and oxygen atoms in total. The molecule has 0 spiro atoms. The molecule has 0 atom stereocenters. The lowest BCUT2D eigenvalue weighted by molar-refractivity contribution is 0.778. The summed E-state index contributed by atoms with van der Waals surface area (Å²) in [7, 11) is 0. The third-order valence-electron chi connectivity index (χ3n) is 2.13. The van der Waals surface area contributed by atoms with Gasteiger partial charge in [-0.05, 0) is 42.4 Å². The lowest BCUT2D eigenvalue weighted by atomic mass is 10.1. The molecule has 0 aliphatic rings. The van der Waals surface area contributed by atoms with E-state index in [-0.39, 0.29) is 0 Å². The Morgan fingerprint density at radius 1 is 1.53 bits per heavy atom. The van der Waals surface area contributed by atoms with Crippen LogP contribution in [-0.4, -0.2) is 20.2 Å². The van der Waals surface area contributed by atoms with E-state index in [1.165, 1.54) is 5.56 Å². The summed E-state index contributed by atoms with van der Waals surface area (Å²) < 4.78 is 3.19. The van der Waals surface area contributed by atoms with Gasteiger partial charge in [0.2, 0.25) is 4.77 Å². The number of nitrogens with zero attached hydrogens (tertiary/aromatic N) is 3. The van der Waals surface area contributed by atoms with E-state index >= 15 is 0 Å². The van der Waals surface area contributed by atoms with Gasteiger partial charge in [0.15, 0.2) is 0 Å². The second-order valence-electron chi connectivity index (χ2n) is 3.04. The molecule has 6 heteroatoms. The van der Waals surface area contributed by atoms with Crippen LogP contribution in [0.15, 0.2) is 22.7 Å². The Morgan fingerprint density at radius 3 is 2.93 bits per heavy atom. The molecule has 0 unspecified atom stereocenters. The molecule has 2 aromatic rings. The van der Waals surface area contributed by atoms with Crippen LogP contribution in [0.3, 0.4) is 0 Å². The number of hydrogen-bond acceptors (Lipinski definition) is 3. The number of tetrazole rings is 1. The van der Waals surface area contributed by atoms with Gasteiger partial charge >= 0.3 is 0 Å². The SMILES string of the molecule is CCc1cc(Br)ccc1-n1[nH]nnc1=S. The fraction of sp³-hybridized carbons (Fsp3) is 0.222. The van der Waals surface area contributed by atoms with Gasteiger partial charge in [0.1, 0.15) is 0 Å². The lowest BCUT2D eigenvalue weighted by Gasteiger charge is -2.07. The zero-order chi connectivity index (χ0) is 10.8. The summed E-state index contributed by atoms with van der Waals surface area (Å²) in [6.45, 7) is 2.10. The van der Waals surface area contributed by atoms with Crippen LogP contribution in [0.2, 0.25) is 0 Å². The van der Waals surface area contributed by atoms with Crippen molar-refractivity contribution in [2.75, 3.05) is 0 Å². The fourth-order valence-electron chi connectivity index (χ4n) is 1.41. The predicted molar refractivity (Wildman–Crippen MR) is 63.6 cm³/mol. The number of H-pyrrole nitrogens is 1. The average Bonchev–Trinajstić information content (AvgIpc) is 2.64. The van der Waals surface area contributed by atoms with Gasteiger partial charge < -0.3 is 0 Å². The Balaban J connectivity index is 2.63. The van der Waals surface area contributed by atoms with E-state index in [9.17, 15) is 0 Å². The molecule has 1 heterocycles. The van der Waals surface area contributed by atoms with Gasteiger partial charge in [-0.2, -0.15) is 5.21 Å². The molecule has 78 valence electrons. The van der Waals surface area contributed by atoms with Crippen LogP contribution in [0.4, 0.5) is 0 Å². The van der Waals surface area contributed by atoms with E-state index in [2.05, 4.69) is 44.4 Å². The van der Waals surface area contributed by atoms with Crippen molar-refractivity contribution in [1.82, 2.24) is 20.2 Å². The van der Waals surface area contributed by atoms with E-state index in [1.54, 1.807) is 4.68 Å². The molecule has 0 saturated carbocycles. The van der Waals surface area contributed by atoms with Crippen LogP contribution in [-0.2, 0) is 6.42 Å². The van der Waals surface area contributed by atoms with Gasteiger partial charge in [-0.3, -0.25) is 0 Å². The first-order chi connectivity index (χ1) is 7.22. The highest BCUT2D eigenvalue weighted by atomic mass is 79.9. The Bertz CT molecular complexity index is 531. The smallest absolute Gasteiger partial charge is 0.209 e. The van der Waals surface area contributed by atoms with Crippen LogP contribution in [0.1, 0.15) is 12.5 Å². The monoisotopic (exact) mass is 284 g/mol. The van der Waals surface area contributed by atoms with Crippen LogP contribution in [0.25, 0.3) is 5.69 Å². The number of aromatic nitrogens is 4. The molecule has 0 aliphatic carbocycles. The maximum Gasteiger partial charge on any atom is 0.242 e. The second-order valence-corrected chi connectivity index (χ2v) is 4.33. The molecule has 0 saturated heterocycles. The maximum absolute atomic E-state index is 5.05. The predicted octanol–water partition coefficient (Wildman–Crippen LogP) is 2.65. The summed E-state index contributed by atoms with van der Waals surface area (Å²) in [5.74, 6) is 0. The van der Waals surface area contributed by atoms with Gasteiger partial charge in [0, 0.05) is 4.47 Å². The molecule has 0 radical (unpaired) electrons. The molecule has 1 aromatic carbocycles. The zero-order valence-electron chi connectivity index (χ0n) is 8.07. The molecule has 0 bridgehead atoms. The summed E-state index contributed by atoms with van der Waals surface area (Å²) in [5.41, 5.74) is 2.18. The van der Waals surface area contributed by atoms with Gasteiger partial charge in [0.25, 0.3) is 0 Å². The lowest BCUT2D eigenvalue weighted by Crippen LogP contribution is -2.01. The number of benzene rings is 1. The molecule has 1 aromatic heterocycles. The quantitative estimate of drug-likeness (QED) is 0.863. The van der Waals surface area contributed by atoms with Crippen molar-refractivity contribution in [3.05, 3.63) is 33.0 Å². The number of rotatable bonds is 2. The highest BCUT2D eigenvalue weighted by molar-refractivity contribution is 9.10. The first-order valence-corrected chi connectivity index (χ1v) is 5.71. The zero-order valence-corrected chi connectivity index (χ0v) is 10.5. The fourth-order valence-corrected chi connectivity index (χ4v) is 2.00. The van der Waals surface area contributed by atoms with Crippen molar-refractivity contribution in [1.29, 1.82) is 0 Å². The number of nitrogens with one attached hydrogen (secondary N) is 1. The topological polar surface area (TPSA) is 46.5 Å². The Kier molecular flexibility index (Phi) is 2.97. The third kappa shape index (κ3) is 2.00. The average molecular weight is 285 g/mol. The Morgan fingerprint density at radius 2 is 2.33 bits per heavy atom. The molecule has 0 fully saturated rings. The minimum atomic E-state index is 0.437. The van der Waals surface area contributed by atoms with Crippen molar-refractivity contribution in [3.8, 4) is 5.69 Å². The maximum atomic E-state index is 5.05. The van der Waals surface area contributed by atoms with Gasteiger partial charge in [0.05, 0.1) is 5.69 Å². The largest absolute Gasteiger partial charge is 0.242 e. The number of aromatic amines is 1. The van der Waals surface area contributed by atoms with Crippen molar-refractivity contribution in [2.45, 2.75) is 13.3 Å². The van der Waals surface area contributed by atoms with Crippen LogP contribution in [0.5, 0.6) is 0 Å². The third-order valence-corrected chi connectivity index (χ3v) is 2.89. The minimum Gasteiger partial charge on any atom is -0.209 e. The van der Waals surface area contributed by atoms with E-state index in [1.807, 2.05) is 12.1 Å². The van der Waals surface area contributed by atoms with Crippen molar-refractivity contribution in [3.63, 3.8) is 0 Å². The molecule has 0 aliphatic heterocycles. The molecule has 1 N–H and O–H groups in total. The van der Waals surface area contributed by atoms with E-state index in [0.717, 1.165) is 16.6 Å². The Hall–Kier alpha value is -1.01. The van der Waals surface area contributed by atoms with E-state index < -0.39 is 0 Å². The van der Waals surface area contributed by atoms with Gasteiger partial charge in [-0.1, -0.05) is 33.2 Å². The minimum absolute atomic E-state index is 0.437. The first kappa shape index (κ1) is 10.5. The summed E-state index contributed by atoms with van der Waals surface area (Å²) >= 11 is 8.50. The van der Waals surface area contributed by atoms with Crippen molar-refractivity contribution in [2.24, 2.45) is 0 Å². The number of hydrogen-bond donors (Lipinski definition) is 1. The van der Waals surface area contributed by atoms with E-state index in [4.69, 9.17) is 12.2 Å². The summed E-state index contributed by atoms with van der Waals surface area (Å²) in [6.07, 6.45) is 0.926. The molecule has 0 amide bonds. The summed E-state index contributed by atoms with van der Waals surface area (Å²) in [6, 6.07) is 6.02. The molecular formula is C9H9BrN4S. The number of halogens is 1. The van der Waals surface area contributed by atoms with Crippen molar-refractivity contribution < 1.29 is 0 Å². The van der Waals surface area contributed by atoms with Crippen molar-refractivity contribution >= 4 is 28.1 Å². The van der Waals surface area contributed by atoms with Crippen LogP contribution >= 0.6 is 28.1 Å². The van der Waals surface area contributed by atoms with Gasteiger partial charge in [-0.15, -0.1) is 0 Å². The van der Waals surface area contributed by atoms with E-state index in [0.29, 0.717) is 4.77 Å². The number of aryl methyl sites for hydroxylation is 1. The molecule has 15 heavy (non-hydrogen) atoms.